The summed E-state index contributed by atoms with van der Waals surface area (Å²) in [6, 6.07) is 68.4. The molecule has 0 unspecified atom stereocenters. The zero-order valence-corrected chi connectivity index (χ0v) is 27.7. The quantitative estimate of drug-likeness (QED) is 0.180. The van der Waals surface area contributed by atoms with E-state index in [9.17, 15) is 0 Å². The number of para-hydroxylation sites is 5. The third kappa shape index (κ3) is 4.12. The minimum absolute atomic E-state index is 1.16. The van der Waals surface area contributed by atoms with Gasteiger partial charge in [0, 0.05) is 49.4 Å². The second-order valence-electron chi connectivity index (χ2n) is 13.4. The molecule has 11 aromatic rings. The Morgan fingerprint density at radius 2 is 0.529 bits per heavy atom. The Hall–Kier alpha value is -6.84. The van der Waals surface area contributed by atoms with E-state index in [0.717, 1.165) is 5.69 Å². The second kappa shape index (κ2) is 10.8. The minimum Gasteiger partial charge on any atom is -0.309 e. The van der Waals surface area contributed by atoms with E-state index in [1.807, 2.05) is 0 Å². The molecule has 0 amide bonds. The van der Waals surface area contributed by atoms with E-state index < -0.39 is 0 Å². The van der Waals surface area contributed by atoms with Crippen molar-refractivity contribution in [3.8, 4) is 28.2 Å². The molecule has 0 saturated carbocycles. The summed E-state index contributed by atoms with van der Waals surface area (Å²) in [5.41, 5.74) is 13.2. The van der Waals surface area contributed by atoms with E-state index in [4.69, 9.17) is 0 Å². The highest BCUT2D eigenvalue weighted by Crippen LogP contribution is 2.41. The Bertz CT molecular complexity index is 3110. The summed E-state index contributed by atoms with van der Waals surface area (Å²) in [5, 5.41) is 7.51. The van der Waals surface area contributed by atoms with Crippen LogP contribution in [0.3, 0.4) is 0 Å². The molecular formula is C48H31N3. The molecule has 0 spiro atoms. The van der Waals surface area contributed by atoms with Crippen LogP contribution < -0.4 is 0 Å². The minimum atomic E-state index is 1.16. The highest BCUT2D eigenvalue weighted by atomic mass is 15.0. The molecule has 0 bridgehead atoms. The summed E-state index contributed by atoms with van der Waals surface area (Å²) in [6.07, 6.45) is 0. The maximum Gasteiger partial charge on any atom is 0.0548 e. The van der Waals surface area contributed by atoms with Gasteiger partial charge in [-0.05, 0) is 96.1 Å². The van der Waals surface area contributed by atoms with Gasteiger partial charge in [0.15, 0.2) is 0 Å². The molecule has 0 aliphatic heterocycles. The molecule has 11 rings (SSSR count). The Kier molecular flexibility index (Phi) is 5.96. The largest absolute Gasteiger partial charge is 0.309 e. The predicted molar refractivity (Wildman–Crippen MR) is 215 cm³/mol. The van der Waals surface area contributed by atoms with Crippen LogP contribution >= 0.6 is 0 Å². The SMILES string of the molecule is c1ccc(-n2c3ccccc3c3cc(-c4ccc5c(c4)c4cc6c(cc4n5-c4ccccc4)c4ccccc4n6-c4ccccc4)ccc32)cc1. The van der Waals surface area contributed by atoms with Crippen molar-refractivity contribution in [1.82, 2.24) is 13.7 Å². The standard InChI is InChI=1S/C48H31N3/c1-4-14-34(15-5-1)49-43-22-12-10-20-37(43)39-28-32(24-26-45(39)49)33-25-27-46-40(29-33)42-31-47-41(30-48(42)51(46)36-18-8-3-9-19-36)38-21-11-13-23-44(38)50(47)35-16-6-2-7-17-35/h1-31H. The van der Waals surface area contributed by atoms with E-state index in [1.54, 1.807) is 0 Å². The van der Waals surface area contributed by atoms with Crippen molar-refractivity contribution in [2.45, 2.75) is 0 Å². The van der Waals surface area contributed by atoms with Crippen LogP contribution in [0.4, 0.5) is 0 Å². The van der Waals surface area contributed by atoms with Gasteiger partial charge >= 0.3 is 0 Å². The summed E-state index contributed by atoms with van der Waals surface area (Å²) < 4.78 is 7.22. The third-order valence-electron chi connectivity index (χ3n) is 10.6. The van der Waals surface area contributed by atoms with Crippen molar-refractivity contribution in [3.63, 3.8) is 0 Å². The molecular weight excluding hydrogens is 619 g/mol. The van der Waals surface area contributed by atoms with Gasteiger partial charge in [-0.2, -0.15) is 0 Å². The number of rotatable bonds is 4. The maximum atomic E-state index is 2.43. The van der Waals surface area contributed by atoms with Crippen LogP contribution in [-0.4, -0.2) is 13.7 Å². The predicted octanol–water partition coefficient (Wildman–Crippen LogP) is 12.6. The maximum absolute atomic E-state index is 2.43. The van der Waals surface area contributed by atoms with Crippen molar-refractivity contribution in [3.05, 3.63) is 188 Å². The van der Waals surface area contributed by atoms with E-state index in [0.29, 0.717) is 0 Å². The summed E-state index contributed by atoms with van der Waals surface area (Å²) in [4.78, 5) is 0. The molecule has 0 aliphatic carbocycles. The molecule has 51 heavy (non-hydrogen) atoms. The van der Waals surface area contributed by atoms with Crippen LogP contribution in [-0.2, 0) is 0 Å². The van der Waals surface area contributed by atoms with Crippen molar-refractivity contribution >= 4 is 65.4 Å². The number of aromatic nitrogens is 3. The first-order valence-corrected chi connectivity index (χ1v) is 17.5. The number of nitrogens with zero attached hydrogens (tertiary/aromatic N) is 3. The Morgan fingerprint density at radius 1 is 0.216 bits per heavy atom. The van der Waals surface area contributed by atoms with Gasteiger partial charge in [-0.25, -0.2) is 0 Å². The summed E-state index contributed by atoms with van der Waals surface area (Å²) in [6.45, 7) is 0. The summed E-state index contributed by atoms with van der Waals surface area (Å²) >= 11 is 0. The Morgan fingerprint density at radius 3 is 0.980 bits per heavy atom. The van der Waals surface area contributed by atoms with E-state index in [1.165, 1.54) is 87.9 Å². The highest BCUT2D eigenvalue weighted by molar-refractivity contribution is 6.19. The fraction of sp³-hybridized carbons (Fsp3) is 0. The van der Waals surface area contributed by atoms with Crippen LogP contribution in [0, 0.1) is 0 Å². The van der Waals surface area contributed by atoms with Crippen LogP contribution in [0.2, 0.25) is 0 Å². The van der Waals surface area contributed by atoms with Gasteiger partial charge in [0.05, 0.1) is 33.1 Å². The van der Waals surface area contributed by atoms with Gasteiger partial charge in [-0.15, -0.1) is 0 Å². The van der Waals surface area contributed by atoms with Crippen molar-refractivity contribution in [1.29, 1.82) is 0 Å². The molecule has 3 aromatic heterocycles. The summed E-state index contributed by atoms with van der Waals surface area (Å²) in [7, 11) is 0. The number of benzene rings is 8. The molecule has 0 aliphatic rings. The molecule has 0 saturated heterocycles. The lowest BCUT2D eigenvalue weighted by Gasteiger charge is -2.09. The average molecular weight is 650 g/mol. The van der Waals surface area contributed by atoms with Gasteiger partial charge in [-0.3, -0.25) is 0 Å². The molecule has 0 fully saturated rings. The van der Waals surface area contributed by atoms with Crippen molar-refractivity contribution < 1.29 is 0 Å². The van der Waals surface area contributed by atoms with Crippen LogP contribution in [0.25, 0.3) is 93.6 Å². The lowest BCUT2D eigenvalue weighted by atomic mass is 10.0. The second-order valence-corrected chi connectivity index (χ2v) is 13.4. The van der Waals surface area contributed by atoms with Crippen molar-refractivity contribution in [2.75, 3.05) is 0 Å². The Balaban J connectivity index is 1.20. The van der Waals surface area contributed by atoms with Gasteiger partial charge in [0.1, 0.15) is 0 Å². The van der Waals surface area contributed by atoms with Gasteiger partial charge in [0.25, 0.3) is 0 Å². The molecule has 0 atom stereocenters. The molecule has 8 aromatic carbocycles. The van der Waals surface area contributed by atoms with E-state index in [-0.39, 0.29) is 0 Å². The highest BCUT2D eigenvalue weighted by Gasteiger charge is 2.19. The van der Waals surface area contributed by atoms with E-state index >= 15 is 0 Å². The van der Waals surface area contributed by atoms with Gasteiger partial charge in [0.2, 0.25) is 0 Å². The number of fused-ring (bicyclic) bond motifs is 9. The molecule has 0 N–H and O–H groups in total. The number of hydrogen-bond donors (Lipinski definition) is 0. The van der Waals surface area contributed by atoms with Crippen LogP contribution in [0.15, 0.2) is 188 Å². The first-order valence-electron chi connectivity index (χ1n) is 17.5. The lowest BCUT2D eigenvalue weighted by Crippen LogP contribution is -1.94. The van der Waals surface area contributed by atoms with Gasteiger partial charge < -0.3 is 13.7 Å². The Labute approximate surface area is 294 Å². The third-order valence-corrected chi connectivity index (χ3v) is 10.6. The zero-order valence-electron chi connectivity index (χ0n) is 27.7. The molecule has 3 heterocycles. The fourth-order valence-electron chi connectivity index (χ4n) is 8.38. The van der Waals surface area contributed by atoms with Crippen LogP contribution in [0.5, 0.6) is 0 Å². The van der Waals surface area contributed by atoms with Gasteiger partial charge in [-0.1, -0.05) is 103 Å². The first kappa shape index (κ1) is 28.0. The first-order chi connectivity index (χ1) is 25.3. The lowest BCUT2D eigenvalue weighted by molar-refractivity contribution is 1.17. The van der Waals surface area contributed by atoms with Crippen molar-refractivity contribution in [2.24, 2.45) is 0 Å². The van der Waals surface area contributed by atoms with Crippen LogP contribution in [0.1, 0.15) is 0 Å². The monoisotopic (exact) mass is 649 g/mol. The summed E-state index contributed by atoms with van der Waals surface area (Å²) in [5.74, 6) is 0. The molecule has 0 radical (unpaired) electrons. The smallest absolute Gasteiger partial charge is 0.0548 e. The average Bonchev–Trinajstić information content (AvgIpc) is 3.82. The fourth-order valence-corrected chi connectivity index (χ4v) is 8.38. The van der Waals surface area contributed by atoms with E-state index in [2.05, 4.69) is 202 Å². The topological polar surface area (TPSA) is 14.8 Å². The molecule has 3 heteroatoms. The number of hydrogen-bond acceptors (Lipinski definition) is 0. The molecule has 3 nitrogen and oxygen atoms in total. The zero-order chi connectivity index (χ0) is 33.5. The normalized spacial score (nSPS) is 11.9. The molecule has 238 valence electrons.